The summed E-state index contributed by atoms with van der Waals surface area (Å²) < 4.78 is 12.7. The largest absolute Gasteiger partial charge is 0.352 e. The Morgan fingerprint density at radius 3 is 2.56 bits per heavy atom. The SMILES string of the molecule is CN1CCC(CNC(=O)c2ccc(F)cc2)CC1. The second-order valence-electron chi connectivity index (χ2n) is 4.96. The Balaban J connectivity index is 1.79. The normalized spacial score (nSPS) is 17.7. The minimum Gasteiger partial charge on any atom is -0.352 e. The molecule has 2 rings (SSSR count). The number of benzene rings is 1. The van der Waals surface area contributed by atoms with Crippen LogP contribution in [0.3, 0.4) is 0 Å². The molecule has 1 aliphatic rings. The summed E-state index contributed by atoms with van der Waals surface area (Å²) in [6, 6.07) is 5.65. The van der Waals surface area contributed by atoms with E-state index in [1.54, 1.807) is 0 Å². The van der Waals surface area contributed by atoms with E-state index < -0.39 is 0 Å². The van der Waals surface area contributed by atoms with Crippen LogP contribution in [0, 0.1) is 11.7 Å². The first-order chi connectivity index (χ1) is 8.65. The number of amides is 1. The summed E-state index contributed by atoms with van der Waals surface area (Å²) in [5.74, 6) is 0.126. The first-order valence-electron chi connectivity index (χ1n) is 6.37. The van der Waals surface area contributed by atoms with E-state index in [0.717, 1.165) is 25.9 Å². The topological polar surface area (TPSA) is 32.3 Å². The van der Waals surface area contributed by atoms with Crippen LogP contribution in [0.1, 0.15) is 23.2 Å². The number of nitrogens with one attached hydrogen (secondary N) is 1. The molecular weight excluding hydrogens is 231 g/mol. The van der Waals surface area contributed by atoms with Gasteiger partial charge >= 0.3 is 0 Å². The molecule has 1 aromatic carbocycles. The van der Waals surface area contributed by atoms with Gasteiger partial charge in [-0.1, -0.05) is 0 Å². The van der Waals surface area contributed by atoms with Gasteiger partial charge in [0.15, 0.2) is 0 Å². The van der Waals surface area contributed by atoms with Gasteiger partial charge < -0.3 is 10.2 Å². The van der Waals surface area contributed by atoms with Crippen molar-refractivity contribution in [2.24, 2.45) is 5.92 Å². The van der Waals surface area contributed by atoms with Gasteiger partial charge in [0.2, 0.25) is 0 Å². The third kappa shape index (κ3) is 3.53. The Hall–Kier alpha value is -1.42. The molecular formula is C14H19FN2O. The maximum Gasteiger partial charge on any atom is 0.251 e. The first-order valence-corrected chi connectivity index (χ1v) is 6.37. The van der Waals surface area contributed by atoms with Gasteiger partial charge in [0.25, 0.3) is 5.91 Å². The Kier molecular flexibility index (Phi) is 4.31. The summed E-state index contributed by atoms with van der Waals surface area (Å²) in [5.41, 5.74) is 0.518. The summed E-state index contributed by atoms with van der Waals surface area (Å²) >= 11 is 0. The van der Waals surface area contributed by atoms with E-state index in [9.17, 15) is 9.18 Å². The summed E-state index contributed by atoms with van der Waals surface area (Å²) in [6.07, 6.45) is 2.25. The van der Waals surface area contributed by atoms with Crippen molar-refractivity contribution in [3.8, 4) is 0 Å². The fraction of sp³-hybridized carbons (Fsp3) is 0.500. The predicted octanol–water partition coefficient (Wildman–Crippen LogP) is 1.90. The molecule has 4 heteroatoms. The standard InChI is InChI=1S/C14H19FN2O/c1-17-8-6-11(7-9-17)10-16-14(18)12-2-4-13(15)5-3-12/h2-5,11H,6-10H2,1H3,(H,16,18). The van der Waals surface area contributed by atoms with Gasteiger partial charge in [0.05, 0.1) is 0 Å². The van der Waals surface area contributed by atoms with Crippen LogP contribution in [0.15, 0.2) is 24.3 Å². The zero-order valence-electron chi connectivity index (χ0n) is 10.7. The maximum atomic E-state index is 12.7. The van der Waals surface area contributed by atoms with Crippen LogP contribution in [-0.2, 0) is 0 Å². The lowest BCUT2D eigenvalue weighted by Crippen LogP contribution is -2.36. The highest BCUT2D eigenvalue weighted by Gasteiger charge is 2.17. The van der Waals surface area contributed by atoms with Crippen molar-refractivity contribution in [3.63, 3.8) is 0 Å². The van der Waals surface area contributed by atoms with Crippen LogP contribution in [0.25, 0.3) is 0 Å². The smallest absolute Gasteiger partial charge is 0.251 e. The molecule has 18 heavy (non-hydrogen) atoms. The number of piperidine rings is 1. The quantitative estimate of drug-likeness (QED) is 0.888. The predicted molar refractivity (Wildman–Crippen MR) is 69.0 cm³/mol. The van der Waals surface area contributed by atoms with Gasteiger partial charge in [-0.2, -0.15) is 0 Å². The minimum absolute atomic E-state index is 0.117. The second kappa shape index (κ2) is 5.96. The number of hydrogen-bond donors (Lipinski definition) is 1. The maximum absolute atomic E-state index is 12.7. The molecule has 0 spiro atoms. The molecule has 1 N–H and O–H groups in total. The molecule has 1 saturated heterocycles. The molecule has 0 atom stereocenters. The van der Waals surface area contributed by atoms with Crippen LogP contribution in [0.2, 0.25) is 0 Å². The Labute approximate surface area is 107 Å². The van der Waals surface area contributed by atoms with Crippen LogP contribution >= 0.6 is 0 Å². The van der Waals surface area contributed by atoms with E-state index in [1.807, 2.05) is 0 Å². The highest BCUT2D eigenvalue weighted by Crippen LogP contribution is 2.14. The molecule has 1 amide bonds. The lowest BCUT2D eigenvalue weighted by atomic mass is 9.97. The second-order valence-corrected chi connectivity index (χ2v) is 4.96. The minimum atomic E-state index is -0.318. The summed E-state index contributed by atoms with van der Waals surface area (Å²) in [6.45, 7) is 2.90. The molecule has 0 radical (unpaired) electrons. The van der Waals surface area contributed by atoms with Crippen molar-refractivity contribution in [2.45, 2.75) is 12.8 Å². The van der Waals surface area contributed by atoms with Crippen LogP contribution in [0.5, 0.6) is 0 Å². The average molecular weight is 250 g/mol. The van der Waals surface area contributed by atoms with Crippen molar-refractivity contribution in [2.75, 3.05) is 26.7 Å². The van der Waals surface area contributed by atoms with Crippen LogP contribution in [-0.4, -0.2) is 37.5 Å². The number of carbonyl (C=O) groups excluding carboxylic acids is 1. The van der Waals surface area contributed by atoms with Crippen molar-refractivity contribution >= 4 is 5.91 Å². The highest BCUT2D eigenvalue weighted by molar-refractivity contribution is 5.94. The molecule has 1 aromatic rings. The van der Waals surface area contributed by atoms with E-state index in [-0.39, 0.29) is 11.7 Å². The summed E-state index contributed by atoms with van der Waals surface area (Å²) in [5, 5.41) is 2.92. The third-order valence-corrected chi connectivity index (χ3v) is 3.50. The molecule has 1 heterocycles. The third-order valence-electron chi connectivity index (χ3n) is 3.50. The molecule has 0 saturated carbocycles. The van der Waals surface area contributed by atoms with Crippen LogP contribution in [0.4, 0.5) is 4.39 Å². The Bertz CT molecular complexity index is 397. The van der Waals surface area contributed by atoms with Gasteiger partial charge in [-0.3, -0.25) is 4.79 Å². The van der Waals surface area contributed by atoms with E-state index in [1.165, 1.54) is 24.3 Å². The van der Waals surface area contributed by atoms with E-state index in [2.05, 4.69) is 17.3 Å². The van der Waals surface area contributed by atoms with Crippen molar-refractivity contribution in [3.05, 3.63) is 35.6 Å². The monoisotopic (exact) mass is 250 g/mol. The average Bonchev–Trinajstić information content (AvgIpc) is 2.38. The number of hydrogen-bond acceptors (Lipinski definition) is 2. The van der Waals surface area contributed by atoms with Crippen LogP contribution < -0.4 is 5.32 Å². The molecule has 3 nitrogen and oxygen atoms in total. The molecule has 1 aliphatic heterocycles. The number of nitrogens with zero attached hydrogens (tertiary/aromatic N) is 1. The number of halogens is 1. The van der Waals surface area contributed by atoms with E-state index in [0.29, 0.717) is 18.0 Å². The molecule has 1 fully saturated rings. The number of carbonyl (C=O) groups is 1. The van der Waals surface area contributed by atoms with Gasteiger partial charge in [-0.05, 0) is 63.2 Å². The van der Waals surface area contributed by atoms with Crippen molar-refractivity contribution in [1.82, 2.24) is 10.2 Å². The zero-order chi connectivity index (χ0) is 13.0. The fourth-order valence-electron chi connectivity index (χ4n) is 2.21. The fourth-order valence-corrected chi connectivity index (χ4v) is 2.21. The van der Waals surface area contributed by atoms with Gasteiger partial charge in [-0.25, -0.2) is 4.39 Å². The Morgan fingerprint density at radius 1 is 1.33 bits per heavy atom. The lowest BCUT2D eigenvalue weighted by Gasteiger charge is -2.28. The van der Waals surface area contributed by atoms with Gasteiger partial charge in [0.1, 0.15) is 5.82 Å². The highest BCUT2D eigenvalue weighted by atomic mass is 19.1. The van der Waals surface area contributed by atoms with E-state index in [4.69, 9.17) is 0 Å². The number of likely N-dealkylation sites (tertiary alicyclic amines) is 1. The zero-order valence-corrected chi connectivity index (χ0v) is 10.7. The van der Waals surface area contributed by atoms with Crippen molar-refractivity contribution < 1.29 is 9.18 Å². The molecule has 0 bridgehead atoms. The Morgan fingerprint density at radius 2 is 1.94 bits per heavy atom. The molecule has 0 aliphatic carbocycles. The summed E-state index contributed by atoms with van der Waals surface area (Å²) in [4.78, 5) is 14.1. The van der Waals surface area contributed by atoms with Crippen molar-refractivity contribution in [1.29, 1.82) is 0 Å². The number of rotatable bonds is 3. The summed E-state index contributed by atoms with van der Waals surface area (Å²) in [7, 11) is 2.12. The lowest BCUT2D eigenvalue weighted by molar-refractivity contribution is 0.0939. The van der Waals surface area contributed by atoms with Gasteiger partial charge in [-0.15, -0.1) is 0 Å². The molecule has 98 valence electrons. The molecule has 0 unspecified atom stereocenters. The van der Waals surface area contributed by atoms with E-state index >= 15 is 0 Å². The first kappa shape index (κ1) is 13.0. The van der Waals surface area contributed by atoms with Gasteiger partial charge in [0, 0.05) is 12.1 Å². The molecule has 0 aromatic heterocycles.